The van der Waals surface area contributed by atoms with Crippen LogP contribution in [0.25, 0.3) is 0 Å². The summed E-state index contributed by atoms with van der Waals surface area (Å²) >= 11 is 0. The minimum absolute atomic E-state index is 0.0575. The first-order valence-electron chi connectivity index (χ1n) is 8.61. The molecule has 4 rings (SSSR count). The summed E-state index contributed by atoms with van der Waals surface area (Å²) in [7, 11) is 2.23. The van der Waals surface area contributed by atoms with Gasteiger partial charge in [0.05, 0.1) is 17.1 Å². The molecule has 5 heteroatoms. The summed E-state index contributed by atoms with van der Waals surface area (Å²) in [4.78, 5) is 4.91. The van der Waals surface area contributed by atoms with E-state index in [-0.39, 0.29) is 10.9 Å². The van der Waals surface area contributed by atoms with E-state index in [1.165, 1.54) is 11.4 Å². The topological polar surface area (TPSA) is 23.5 Å². The van der Waals surface area contributed by atoms with Crippen LogP contribution in [0.2, 0.25) is 5.31 Å². The molecule has 0 saturated carbocycles. The number of rotatable bonds is 2. The van der Waals surface area contributed by atoms with E-state index in [1.807, 2.05) is 6.26 Å². The molecule has 0 fully saturated rings. The van der Waals surface area contributed by atoms with Gasteiger partial charge in [0.2, 0.25) is 0 Å². The first kappa shape index (κ1) is 14.7. The maximum absolute atomic E-state index is 5.97. The predicted octanol–water partition coefficient (Wildman–Crippen LogP) is 3.95. The molecular weight excluding hydrogens is 285 g/mol. The van der Waals surface area contributed by atoms with Crippen molar-refractivity contribution in [1.29, 1.82) is 0 Å². The van der Waals surface area contributed by atoms with Gasteiger partial charge in [0, 0.05) is 0 Å². The standard InChI is InChI=1S/C18H25BN3O/c1-6-17(3)18(4,7-2)22-16(12-13-23-22)21-15-11-9-8-10-14(15)20(5)19(17)21/h8-13H,6-7H2,1-5H3/q+1. The van der Waals surface area contributed by atoms with E-state index < -0.39 is 0 Å². The van der Waals surface area contributed by atoms with Crippen molar-refractivity contribution in [3.05, 3.63) is 36.6 Å². The number of anilines is 3. The van der Waals surface area contributed by atoms with Crippen molar-refractivity contribution in [3.63, 3.8) is 0 Å². The van der Waals surface area contributed by atoms with E-state index in [2.05, 4.69) is 79.4 Å². The van der Waals surface area contributed by atoms with Gasteiger partial charge in [-0.05, 0) is 38.9 Å². The lowest BCUT2D eigenvalue weighted by Gasteiger charge is -2.48. The number of aromatic nitrogens is 1. The highest BCUT2D eigenvalue weighted by atomic mass is 16.5. The zero-order chi connectivity index (χ0) is 16.4. The number of nitrogens with zero attached hydrogens (tertiary/aromatic N) is 3. The van der Waals surface area contributed by atoms with E-state index in [0.29, 0.717) is 6.98 Å². The van der Waals surface area contributed by atoms with Crippen LogP contribution in [0.1, 0.15) is 40.5 Å². The highest BCUT2D eigenvalue weighted by molar-refractivity contribution is 6.74. The SMILES string of the molecule is CCC1(C)B2N(C)c3ccccc3N2c2cco[n+]2C1(C)CC. The number of fused-ring (bicyclic) bond motifs is 5. The summed E-state index contributed by atoms with van der Waals surface area (Å²) in [6.07, 6.45) is 3.95. The molecule has 2 unspecified atom stereocenters. The Hall–Kier alpha value is -1.91. The van der Waals surface area contributed by atoms with Gasteiger partial charge in [-0.3, -0.25) is 4.81 Å². The Balaban J connectivity index is 2.04. The summed E-state index contributed by atoms with van der Waals surface area (Å²) in [5, 5.41) is 0.0606. The second-order valence-electron chi connectivity index (χ2n) is 7.30. The fraction of sp³-hybridized carbons (Fsp3) is 0.500. The molecule has 2 aromatic rings. The third-order valence-electron chi connectivity index (χ3n) is 6.64. The van der Waals surface area contributed by atoms with Gasteiger partial charge in [-0.15, -0.1) is 0 Å². The summed E-state index contributed by atoms with van der Waals surface area (Å²) in [5.41, 5.74) is 2.51. The molecule has 2 aliphatic rings. The monoisotopic (exact) mass is 310 g/mol. The van der Waals surface area contributed by atoms with Crippen molar-refractivity contribution in [3.8, 4) is 0 Å². The number of hydrogen-bond donors (Lipinski definition) is 0. The molecule has 0 amide bonds. The molecule has 1 aromatic heterocycles. The van der Waals surface area contributed by atoms with Gasteiger partial charge in [0.25, 0.3) is 0 Å². The maximum atomic E-state index is 5.97. The lowest BCUT2D eigenvalue weighted by molar-refractivity contribution is -0.907. The molecule has 0 aliphatic carbocycles. The Kier molecular flexibility index (Phi) is 2.91. The first-order chi connectivity index (χ1) is 11.0. The molecule has 0 radical (unpaired) electrons. The van der Waals surface area contributed by atoms with E-state index in [1.54, 1.807) is 0 Å². The Bertz CT molecular complexity index is 760. The molecule has 0 spiro atoms. The average molecular weight is 310 g/mol. The highest BCUT2D eigenvalue weighted by Gasteiger charge is 2.71. The summed E-state index contributed by atoms with van der Waals surface area (Å²) < 4.78 is 8.12. The fourth-order valence-corrected chi connectivity index (χ4v) is 4.81. The number of para-hydroxylation sites is 2. The molecule has 0 saturated heterocycles. The van der Waals surface area contributed by atoms with Gasteiger partial charge in [-0.25, -0.2) is 0 Å². The van der Waals surface area contributed by atoms with Crippen LogP contribution in [-0.4, -0.2) is 14.0 Å². The van der Waals surface area contributed by atoms with Gasteiger partial charge >= 0.3 is 12.8 Å². The smallest absolute Gasteiger partial charge is 0.373 e. The van der Waals surface area contributed by atoms with Crippen LogP contribution in [0.15, 0.2) is 41.1 Å². The minimum atomic E-state index is -0.0575. The molecule has 120 valence electrons. The van der Waals surface area contributed by atoms with Crippen LogP contribution >= 0.6 is 0 Å². The molecule has 1 aromatic carbocycles. The van der Waals surface area contributed by atoms with E-state index >= 15 is 0 Å². The largest absolute Gasteiger partial charge is 0.512 e. The number of benzene rings is 1. The van der Waals surface area contributed by atoms with E-state index in [0.717, 1.165) is 18.7 Å². The normalized spacial score (nSPS) is 28.7. The van der Waals surface area contributed by atoms with E-state index in [9.17, 15) is 0 Å². The van der Waals surface area contributed by atoms with E-state index in [4.69, 9.17) is 4.52 Å². The lowest BCUT2D eigenvalue weighted by Crippen LogP contribution is -2.73. The zero-order valence-electron chi connectivity index (χ0n) is 14.7. The molecule has 0 N–H and O–H groups in total. The van der Waals surface area contributed by atoms with Gasteiger partial charge in [0.1, 0.15) is 5.69 Å². The molecule has 4 nitrogen and oxygen atoms in total. The predicted molar refractivity (Wildman–Crippen MR) is 94.2 cm³/mol. The maximum Gasteiger partial charge on any atom is 0.512 e. The molecule has 3 heterocycles. The summed E-state index contributed by atoms with van der Waals surface area (Å²) in [6.45, 7) is 9.63. The van der Waals surface area contributed by atoms with Gasteiger partial charge < -0.3 is 9.33 Å². The fourth-order valence-electron chi connectivity index (χ4n) is 4.81. The zero-order valence-corrected chi connectivity index (χ0v) is 14.7. The Labute approximate surface area is 138 Å². The second-order valence-corrected chi connectivity index (χ2v) is 7.30. The third-order valence-corrected chi connectivity index (χ3v) is 6.64. The van der Waals surface area contributed by atoms with Crippen LogP contribution in [0.3, 0.4) is 0 Å². The highest BCUT2D eigenvalue weighted by Crippen LogP contribution is 2.59. The van der Waals surface area contributed by atoms with Crippen LogP contribution in [0.4, 0.5) is 17.2 Å². The second kappa shape index (κ2) is 4.56. The van der Waals surface area contributed by atoms with Crippen LogP contribution in [0, 0.1) is 0 Å². The van der Waals surface area contributed by atoms with Crippen molar-refractivity contribution in [2.45, 2.75) is 51.4 Å². The summed E-state index contributed by atoms with van der Waals surface area (Å²) in [5.74, 6) is 1.15. The summed E-state index contributed by atoms with van der Waals surface area (Å²) in [6, 6.07) is 10.8. The van der Waals surface area contributed by atoms with Gasteiger partial charge in [-0.1, -0.05) is 37.6 Å². The molecule has 0 bridgehead atoms. The van der Waals surface area contributed by atoms with Gasteiger partial charge in [-0.2, -0.15) is 0 Å². The van der Waals surface area contributed by atoms with Crippen molar-refractivity contribution in [2.75, 3.05) is 16.7 Å². The number of hydrogen-bond acceptors (Lipinski definition) is 3. The minimum Gasteiger partial charge on any atom is -0.373 e. The van der Waals surface area contributed by atoms with Crippen molar-refractivity contribution in [2.24, 2.45) is 0 Å². The molecule has 23 heavy (non-hydrogen) atoms. The van der Waals surface area contributed by atoms with Crippen molar-refractivity contribution >= 4 is 24.2 Å². The third kappa shape index (κ3) is 1.51. The van der Waals surface area contributed by atoms with Crippen LogP contribution in [-0.2, 0) is 5.54 Å². The first-order valence-corrected chi connectivity index (χ1v) is 8.61. The van der Waals surface area contributed by atoms with Crippen molar-refractivity contribution in [1.82, 2.24) is 0 Å². The van der Waals surface area contributed by atoms with Crippen LogP contribution in [0.5, 0.6) is 0 Å². The molecule has 2 atom stereocenters. The van der Waals surface area contributed by atoms with Crippen LogP contribution < -0.4 is 14.4 Å². The average Bonchev–Trinajstić information content (AvgIpc) is 3.17. The molecular formula is C18H25BN3O+. The van der Waals surface area contributed by atoms with Crippen molar-refractivity contribution < 1.29 is 9.26 Å². The molecule has 2 aliphatic heterocycles. The Morgan fingerprint density at radius 1 is 1.09 bits per heavy atom. The lowest BCUT2D eigenvalue weighted by atomic mass is 9.40. The van der Waals surface area contributed by atoms with Gasteiger partial charge in [0.15, 0.2) is 11.8 Å². The Morgan fingerprint density at radius 2 is 1.78 bits per heavy atom. The quantitative estimate of drug-likeness (QED) is 0.620. The Morgan fingerprint density at radius 3 is 2.43 bits per heavy atom.